The van der Waals surface area contributed by atoms with Crippen molar-refractivity contribution in [1.82, 2.24) is 9.88 Å². The van der Waals surface area contributed by atoms with E-state index in [-0.39, 0.29) is 11.4 Å². The molecule has 1 amide bonds. The molecule has 1 aromatic heterocycles. The van der Waals surface area contributed by atoms with Crippen molar-refractivity contribution in [2.24, 2.45) is 0 Å². The van der Waals surface area contributed by atoms with Crippen molar-refractivity contribution in [3.05, 3.63) is 69.9 Å². The molecule has 1 aliphatic heterocycles. The van der Waals surface area contributed by atoms with Crippen molar-refractivity contribution in [3.8, 4) is 0 Å². The molecule has 0 spiro atoms. The number of carbonyl (C=O) groups excluding carboxylic acids is 2. The third-order valence-corrected chi connectivity index (χ3v) is 4.88. The van der Waals surface area contributed by atoms with Gasteiger partial charge in [0.15, 0.2) is 0 Å². The van der Waals surface area contributed by atoms with Gasteiger partial charge in [0, 0.05) is 60.5 Å². The van der Waals surface area contributed by atoms with Crippen LogP contribution in [0.1, 0.15) is 16.1 Å². The van der Waals surface area contributed by atoms with Crippen LogP contribution in [0.15, 0.2) is 48.5 Å². The van der Waals surface area contributed by atoms with Crippen LogP contribution in [-0.4, -0.2) is 34.3 Å². The van der Waals surface area contributed by atoms with Gasteiger partial charge in [-0.1, -0.05) is 24.3 Å². The van der Waals surface area contributed by atoms with Crippen LogP contribution in [0, 0.1) is 10.1 Å². The van der Waals surface area contributed by atoms with E-state index in [1.165, 1.54) is 24.3 Å². The lowest BCUT2D eigenvalue weighted by atomic mass is 10.0. The Balaban J connectivity index is 1.71. The molecule has 28 heavy (non-hydrogen) atoms. The molecular weight excluding hydrogens is 360 g/mol. The van der Waals surface area contributed by atoms with Gasteiger partial charge in [-0.25, -0.2) is 0 Å². The minimum absolute atomic E-state index is 0.153. The number of nitrogens with zero attached hydrogens (tertiary/aromatic N) is 2. The van der Waals surface area contributed by atoms with Crippen LogP contribution in [0.3, 0.4) is 0 Å². The van der Waals surface area contributed by atoms with Crippen LogP contribution in [0.4, 0.5) is 11.4 Å². The number of non-ortho nitro benzene ring substituents is 1. The molecule has 0 fully saturated rings. The van der Waals surface area contributed by atoms with Gasteiger partial charge < -0.3 is 15.2 Å². The Hall–Kier alpha value is -3.52. The molecule has 0 saturated heterocycles. The Morgan fingerprint density at radius 3 is 2.75 bits per heavy atom. The van der Waals surface area contributed by atoms with Gasteiger partial charge >= 0.3 is 0 Å². The topological polar surface area (TPSA) is 106 Å². The zero-order valence-corrected chi connectivity index (χ0v) is 15.0. The largest absolute Gasteiger partial charge is 0.343 e. The van der Waals surface area contributed by atoms with E-state index in [9.17, 15) is 19.7 Å². The highest BCUT2D eigenvalue weighted by Gasteiger charge is 2.27. The number of anilines is 1. The molecule has 0 aliphatic carbocycles. The summed E-state index contributed by atoms with van der Waals surface area (Å²) < 4.78 is 2.09. The van der Waals surface area contributed by atoms with Gasteiger partial charge in [0.1, 0.15) is 0 Å². The fourth-order valence-electron chi connectivity index (χ4n) is 3.65. The van der Waals surface area contributed by atoms with Gasteiger partial charge in [-0.3, -0.25) is 19.7 Å². The molecule has 8 nitrogen and oxygen atoms in total. The smallest absolute Gasteiger partial charge is 0.296 e. The van der Waals surface area contributed by atoms with Crippen LogP contribution in [-0.2, 0) is 17.8 Å². The summed E-state index contributed by atoms with van der Waals surface area (Å²) in [5.41, 5.74) is 2.23. The first-order chi connectivity index (χ1) is 13.6. The summed E-state index contributed by atoms with van der Waals surface area (Å²) in [5, 5.41) is 17.5. The first kappa shape index (κ1) is 17.9. The molecule has 3 aromatic rings. The summed E-state index contributed by atoms with van der Waals surface area (Å²) in [5.74, 6) is -1.45. The van der Waals surface area contributed by atoms with Gasteiger partial charge in [-0.05, 0) is 12.1 Å². The first-order valence-electron chi connectivity index (χ1n) is 8.97. The standard InChI is InChI=1S/C20H18N4O4/c25-19(20(26)22-13-4-3-5-14(12-13)24(27)28)18-15-6-1-2-7-16(15)23-11-10-21-9-8-17(18)23/h1-7,12,21H,8-11H2,(H,22,26). The van der Waals surface area contributed by atoms with Crippen LogP contribution >= 0.6 is 0 Å². The van der Waals surface area contributed by atoms with E-state index < -0.39 is 16.6 Å². The lowest BCUT2D eigenvalue weighted by Crippen LogP contribution is -2.24. The van der Waals surface area contributed by atoms with E-state index in [1.807, 2.05) is 24.3 Å². The lowest BCUT2D eigenvalue weighted by molar-refractivity contribution is -0.384. The number of Topliss-reactive ketones (excluding diaryl/α,β-unsaturated/α-hetero) is 1. The fraction of sp³-hybridized carbons (Fsp3) is 0.200. The maximum absolute atomic E-state index is 13.0. The molecule has 0 unspecified atom stereocenters. The summed E-state index contributed by atoms with van der Waals surface area (Å²) in [6.07, 6.45) is 0.639. The predicted molar refractivity (Wildman–Crippen MR) is 105 cm³/mol. The number of carbonyl (C=O) groups is 2. The number of hydrogen-bond acceptors (Lipinski definition) is 5. The van der Waals surface area contributed by atoms with Crippen molar-refractivity contribution in [2.45, 2.75) is 13.0 Å². The van der Waals surface area contributed by atoms with E-state index in [4.69, 9.17) is 0 Å². The minimum atomic E-state index is -0.808. The molecule has 0 atom stereocenters. The Morgan fingerprint density at radius 1 is 1.11 bits per heavy atom. The monoisotopic (exact) mass is 378 g/mol. The molecule has 142 valence electrons. The Labute approximate surface area is 160 Å². The van der Waals surface area contributed by atoms with Gasteiger partial charge in [0.25, 0.3) is 17.4 Å². The maximum Gasteiger partial charge on any atom is 0.296 e. The van der Waals surface area contributed by atoms with E-state index in [1.54, 1.807) is 0 Å². The molecule has 8 heteroatoms. The van der Waals surface area contributed by atoms with Crippen molar-refractivity contribution < 1.29 is 14.5 Å². The highest BCUT2D eigenvalue weighted by Crippen LogP contribution is 2.28. The van der Waals surface area contributed by atoms with E-state index >= 15 is 0 Å². The molecule has 4 rings (SSSR count). The minimum Gasteiger partial charge on any atom is -0.343 e. The quantitative estimate of drug-likeness (QED) is 0.314. The number of benzene rings is 2. The number of para-hydroxylation sites is 1. The van der Waals surface area contributed by atoms with Gasteiger partial charge in [-0.2, -0.15) is 0 Å². The number of amides is 1. The van der Waals surface area contributed by atoms with Gasteiger partial charge in [0.05, 0.1) is 10.5 Å². The molecule has 1 aliphatic rings. The molecule has 2 aromatic carbocycles. The number of rotatable bonds is 4. The summed E-state index contributed by atoms with van der Waals surface area (Å²) in [7, 11) is 0. The second-order valence-electron chi connectivity index (χ2n) is 6.58. The first-order valence-corrected chi connectivity index (χ1v) is 8.97. The maximum atomic E-state index is 13.0. The SMILES string of the molecule is O=C(Nc1cccc([N+](=O)[O-])c1)C(=O)c1c2n(c3ccccc13)CCNCC2. The lowest BCUT2D eigenvalue weighted by Gasteiger charge is -2.07. The number of aromatic nitrogens is 1. The molecule has 0 radical (unpaired) electrons. The zero-order chi connectivity index (χ0) is 19.7. The Bertz CT molecular complexity index is 1100. The molecule has 2 N–H and O–H groups in total. The third-order valence-electron chi connectivity index (χ3n) is 4.88. The summed E-state index contributed by atoms with van der Waals surface area (Å²) >= 11 is 0. The van der Waals surface area contributed by atoms with E-state index in [2.05, 4.69) is 15.2 Å². The van der Waals surface area contributed by atoms with Crippen molar-refractivity contribution in [1.29, 1.82) is 0 Å². The van der Waals surface area contributed by atoms with E-state index in [0.717, 1.165) is 36.2 Å². The Kier molecular flexibility index (Phi) is 4.62. The zero-order valence-electron chi connectivity index (χ0n) is 15.0. The highest BCUT2D eigenvalue weighted by atomic mass is 16.6. The van der Waals surface area contributed by atoms with Crippen LogP contribution in [0.25, 0.3) is 10.9 Å². The van der Waals surface area contributed by atoms with E-state index in [0.29, 0.717) is 12.0 Å². The van der Waals surface area contributed by atoms with Gasteiger partial charge in [0.2, 0.25) is 0 Å². The second kappa shape index (κ2) is 7.24. The average molecular weight is 378 g/mol. The molecular formula is C20H18N4O4. The molecule has 2 heterocycles. The van der Waals surface area contributed by atoms with Crippen molar-refractivity contribution in [3.63, 3.8) is 0 Å². The van der Waals surface area contributed by atoms with Gasteiger partial charge in [-0.15, -0.1) is 0 Å². The number of nitro benzene ring substituents is 1. The van der Waals surface area contributed by atoms with Crippen LogP contribution < -0.4 is 10.6 Å². The fourth-order valence-corrected chi connectivity index (χ4v) is 3.65. The van der Waals surface area contributed by atoms with Crippen molar-refractivity contribution in [2.75, 3.05) is 18.4 Å². The normalized spacial score (nSPS) is 13.6. The number of fused-ring (bicyclic) bond motifs is 3. The average Bonchev–Trinajstić information content (AvgIpc) is 2.83. The number of hydrogen-bond donors (Lipinski definition) is 2. The second-order valence-corrected chi connectivity index (χ2v) is 6.58. The van der Waals surface area contributed by atoms with Crippen LogP contribution in [0.2, 0.25) is 0 Å². The third kappa shape index (κ3) is 3.14. The highest BCUT2D eigenvalue weighted by molar-refractivity contribution is 6.48. The van der Waals surface area contributed by atoms with Crippen LogP contribution in [0.5, 0.6) is 0 Å². The summed E-state index contributed by atoms with van der Waals surface area (Å²) in [4.78, 5) is 36.1. The number of nitro groups is 1. The predicted octanol–water partition coefficient (Wildman–Crippen LogP) is 2.52. The summed E-state index contributed by atoms with van der Waals surface area (Å²) in [6, 6.07) is 13.1. The van der Waals surface area contributed by atoms with Crippen molar-refractivity contribution >= 4 is 34.0 Å². The molecule has 0 bridgehead atoms. The summed E-state index contributed by atoms with van der Waals surface area (Å²) in [6.45, 7) is 2.23. The molecule has 0 saturated carbocycles. The number of ketones is 1. The Morgan fingerprint density at radius 2 is 1.93 bits per heavy atom. The number of nitrogens with one attached hydrogen (secondary N) is 2.